The number of carbonyl (C=O) groups excluding carboxylic acids is 3. The molecule has 0 aliphatic carbocycles. The highest BCUT2D eigenvalue weighted by Crippen LogP contribution is 2.30. The second-order valence-corrected chi connectivity index (χ2v) is 7.24. The molecular formula is C20H18ClN3O6. The molecular weight excluding hydrogens is 414 g/mol. The van der Waals surface area contributed by atoms with E-state index in [0.717, 1.165) is 0 Å². The predicted molar refractivity (Wildman–Crippen MR) is 109 cm³/mol. The fourth-order valence-electron chi connectivity index (χ4n) is 3.10. The zero-order valence-electron chi connectivity index (χ0n) is 16.0. The van der Waals surface area contributed by atoms with E-state index in [1.165, 1.54) is 11.0 Å². The van der Waals surface area contributed by atoms with Gasteiger partial charge in [0.15, 0.2) is 6.61 Å². The molecule has 3 rings (SSSR count). The molecule has 156 valence electrons. The standard InChI is InChI=1S/C20H18ClN3O6/c1-12-5-6-16(9-17(12)24(28)29)23-10-13(7-19(23)26)20(27)30-11-18(25)22-15-4-2-3-14(21)8-15/h2-6,8-9,13H,7,10-11H2,1H3,(H,22,25)/t13-/m0/s1. The molecule has 9 nitrogen and oxygen atoms in total. The minimum Gasteiger partial charge on any atom is -0.455 e. The summed E-state index contributed by atoms with van der Waals surface area (Å²) in [6.45, 7) is 1.11. The van der Waals surface area contributed by atoms with Crippen molar-refractivity contribution in [2.24, 2.45) is 5.92 Å². The quantitative estimate of drug-likeness (QED) is 0.426. The van der Waals surface area contributed by atoms with Crippen LogP contribution in [0, 0.1) is 23.0 Å². The molecule has 10 heteroatoms. The molecule has 1 fully saturated rings. The number of rotatable bonds is 6. The molecule has 0 radical (unpaired) electrons. The van der Waals surface area contributed by atoms with Gasteiger partial charge in [-0.1, -0.05) is 23.7 Å². The summed E-state index contributed by atoms with van der Waals surface area (Å²) in [5.74, 6) is -2.34. The first-order valence-corrected chi connectivity index (χ1v) is 9.40. The second kappa shape index (κ2) is 8.91. The molecule has 2 aromatic rings. The van der Waals surface area contributed by atoms with Crippen molar-refractivity contribution in [3.63, 3.8) is 0 Å². The summed E-state index contributed by atoms with van der Waals surface area (Å²) in [5, 5.41) is 14.1. The molecule has 0 aromatic heterocycles. The Hall–Kier alpha value is -3.46. The van der Waals surface area contributed by atoms with Gasteiger partial charge in [0.1, 0.15) is 0 Å². The number of nitro benzene ring substituents is 1. The van der Waals surface area contributed by atoms with E-state index in [0.29, 0.717) is 22.0 Å². The highest BCUT2D eigenvalue weighted by Gasteiger charge is 2.37. The smallest absolute Gasteiger partial charge is 0.311 e. The normalized spacial score (nSPS) is 15.7. The Bertz CT molecular complexity index is 1030. The lowest BCUT2D eigenvalue weighted by Crippen LogP contribution is -2.28. The second-order valence-electron chi connectivity index (χ2n) is 6.80. The van der Waals surface area contributed by atoms with Gasteiger partial charge in [-0.05, 0) is 31.2 Å². The number of carbonyl (C=O) groups is 3. The highest BCUT2D eigenvalue weighted by atomic mass is 35.5. The van der Waals surface area contributed by atoms with Crippen molar-refractivity contribution in [2.75, 3.05) is 23.4 Å². The summed E-state index contributed by atoms with van der Waals surface area (Å²) in [4.78, 5) is 48.5. The van der Waals surface area contributed by atoms with Crippen LogP contribution in [0.1, 0.15) is 12.0 Å². The van der Waals surface area contributed by atoms with Gasteiger partial charge in [0, 0.05) is 35.3 Å². The first-order chi connectivity index (χ1) is 14.2. The molecule has 0 unspecified atom stereocenters. The number of hydrogen-bond acceptors (Lipinski definition) is 6. The lowest BCUT2D eigenvalue weighted by molar-refractivity contribution is -0.385. The van der Waals surface area contributed by atoms with Crippen LogP contribution >= 0.6 is 11.6 Å². The summed E-state index contributed by atoms with van der Waals surface area (Å²) < 4.78 is 5.03. The number of aryl methyl sites for hydroxylation is 1. The zero-order chi connectivity index (χ0) is 21.8. The number of nitrogens with one attached hydrogen (secondary N) is 1. The number of anilines is 2. The minimum atomic E-state index is -0.767. The van der Waals surface area contributed by atoms with Crippen LogP contribution in [0.2, 0.25) is 5.02 Å². The molecule has 1 saturated heterocycles. The van der Waals surface area contributed by atoms with E-state index in [2.05, 4.69) is 5.32 Å². The fourth-order valence-corrected chi connectivity index (χ4v) is 3.29. The topological polar surface area (TPSA) is 119 Å². The molecule has 1 aliphatic rings. The Labute approximate surface area is 176 Å². The van der Waals surface area contributed by atoms with Gasteiger partial charge in [0.2, 0.25) is 5.91 Å². The SMILES string of the molecule is Cc1ccc(N2C[C@@H](C(=O)OCC(=O)Nc3cccc(Cl)c3)CC2=O)cc1[N+](=O)[O-]. The van der Waals surface area contributed by atoms with E-state index in [4.69, 9.17) is 16.3 Å². The molecule has 2 aromatic carbocycles. The molecule has 0 spiro atoms. The Kier molecular flexibility index (Phi) is 6.31. The van der Waals surface area contributed by atoms with Crippen LogP contribution in [-0.4, -0.2) is 35.9 Å². The molecule has 1 N–H and O–H groups in total. The van der Waals surface area contributed by atoms with Crippen LogP contribution in [0.5, 0.6) is 0 Å². The van der Waals surface area contributed by atoms with Crippen LogP contribution in [0.15, 0.2) is 42.5 Å². The van der Waals surface area contributed by atoms with E-state index >= 15 is 0 Å². The molecule has 1 heterocycles. The Morgan fingerprint density at radius 1 is 1.30 bits per heavy atom. The van der Waals surface area contributed by atoms with Gasteiger partial charge in [-0.3, -0.25) is 24.5 Å². The maximum absolute atomic E-state index is 12.3. The van der Waals surface area contributed by atoms with Crippen molar-refractivity contribution >= 4 is 46.4 Å². The lowest BCUT2D eigenvalue weighted by Gasteiger charge is -2.16. The van der Waals surface area contributed by atoms with Crippen molar-refractivity contribution in [3.05, 3.63) is 63.2 Å². The van der Waals surface area contributed by atoms with Crippen molar-refractivity contribution in [2.45, 2.75) is 13.3 Å². The van der Waals surface area contributed by atoms with E-state index in [1.807, 2.05) is 0 Å². The average Bonchev–Trinajstić information content (AvgIpc) is 3.08. The van der Waals surface area contributed by atoms with E-state index in [1.54, 1.807) is 43.3 Å². The van der Waals surface area contributed by atoms with Crippen LogP contribution in [0.4, 0.5) is 17.1 Å². The third-order valence-electron chi connectivity index (χ3n) is 4.61. The summed E-state index contributed by atoms with van der Waals surface area (Å²) in [5.41, 5.74) is 1.17. The summed E-state index contributed by atoms with van der Waals surface area (Å²) in [6, 6.07) is 11.0. The number of nitro groups is 1. The van der Waals surface area contributed by atoms with E-state index < -0.39 is 29.3 Å². The molecule has 1 aliphatic heterocycles. The average molecular weight is 432 g/mol. The number of hydrogen-bond donors (Lipinski definition) is 1. The number of benzene rings is 2. The Balaban J connectivity index is 1.58. The fraction of sp³-hybridized carbons (Fsp3) is 0.250. The number of nitrogens with zero attached hydrogens (tertiary/aromatic N) is 2. The van der Waals surface area contributed by atoms with Gasteiger partial charge in [-0.2, -0.15) is 0 Å². The van der Waals surface area contributed by atoms with Crippen molar-refractivity contribution < 1.29 is 24.0 Å². The molecule has 2 amide bonds. The monoisotopic (exact) mass is 431 g/mol. The zero-order valence-corrected chi connectivity index (χ0v) is 16.7. The summed E-state index contributed by atoms with van der Waals surface area (Å²) in [6.07, 6.45) is -0.101. The van der Waals surface area contributed by atoms with Crippen LogP contribution in [-0.2, 0) is 19.1 Å². The van der Waals surface area contributed by atoms with Gasteiger partial charge in [-0.15, -0.1) is 0 Å². The maximum atomic E-state index is 12.3. The van der Waals surface area contributed by atoms with Crippen molar-refractivity contribution in [1.29, 1.82) is 0 Å². The molecule has 1 atom stereocenters. The van der Waals surface area contributed by atoms with Gasteiger partial charge in [0.05, 0.1) is 16.5 Å². The van der Waals surface area contributed by atoms with Crippen LogP contribution < -0.4 is 10.2 Å². The molecule has 30 heavy (non-hydrogen) atoms. The largest absolute Gasteiger partial charge is 0.455 e. The number of amides is 2. The minimum absolute atomic E-state index is 0.0216. The van der Waals surface area contributed by atoms with Crippen molar-refractivity contribution in [3.8, 4) is 0 Å². The molecule has 0 saturated carbocycles. The van der Waals surface area contributed by atoms with Crippen molar-refractivity contribution in [1.82, 2.24) is 0 Å². The third kappa shape index (κ3) is 4.93. The summed E-state index contributed by atoms with van der Waals surface area (Å²) >= 11 is 5.84. The maximum Gasteiger partial charge on any atom is 0.311 e. The van der Waals surface area contributed by atoms with Gasteiger partial charge in [0.25, 0.3) is 11.6 Å². The predicted octanol–water partition coefficient (Wildman–Crippen LogP) is 3.09. The van der Waals surface area contributed by atoms with Crippen LogP contribution in [0.3, 0.4) is 0 Å². The Morgan fingerprint density at radius 2 is 2.07 bits per heavy atom. The van der Waals surface area contributed by atoms with E-state index in [-0.39, 0.29) is 24.6 Å². The number of halogens is 1. The van der Waals surface area contributed by atoms with Crippen LogP contribution in [0.25, 0.3) is 0 Å². The summed E-state index contributed by atoms with van der Waals surface area (Å²) in [7, 11) is 0. The number of esters is 1. The van der Waals surface area contributed by atoms with Gasteiger partial charge >= 0.3 is 5.97 Å². The van der Waals surface area contributed by atoms with Gasteiger partial charge in [-0.25, -0.2) is 0 Å². The molecule has 0 bridgehead atoms. The first kappa shape index (κ1) is 21.3. The Morgan fingerprint density at radius 3 is 2.77 bits per heavy atom. The third-order valence-corrected chi connectivity index (χ3v) is 4.85. The van der Waals surface area contributed by atoms with E-state index in [9.17, 15) is 24.5 Å². The lowest BCUT2D eigenvalue weighted by atomic mass is 10.1. The number of ether oxygens (including phenoxy) is 1. The van der Waals surface area contributed by atoms with Gasteiger partial charge < -0.3 is 15.0 Å². The first-order valence-electron chi connectivity index (χ1n) is 9.02. The highest BCUT2D eigenvalue weighted by molar-refractivity contribution is 6.30.